The van der Waals surface area contributed by atoms with Crippen molar-refractivity contribution < 1.29 is 4.42 Å². The highest BCUT2D eigenvalue weighted by atomic mass is 16.3. The van der Waals surface area contributed by atoms with Crippen LogP contribution >= 0.6 is 0 Å². The van der Waals surface area contributed by atoms with Gasteiger partial charge in [-0.3, -0.25) is 0 Å². The number of anilines is 3. The van der Waals surface area contributed by atoms with Gasteiger partial charge in [-0.25, -0.2) is 0 Å². The van der Waals surface area contributed by atoms with E-state index in [1.807, 2.05) is 12.1 Å². The molecular weight excluding hydrogens is 631 g/mol. The maximum absolute atomic E-state index is 6.48. The molecule has 0 saturated heterocycles. The maximum atomic E-state index is 6.48. The molecule has 0 amide bonds. The molecule has 0 saturated carbocycles. The molecule has 0 bridgehead atoms. The van der Waals surface area contributed by atoms with Crippen LogP contribution in [0.5, 0.6) is 0 Å². The van der Waals surface area contributed by atoms with E-state index >= 15 is 0 Å². The Morgan fingerprint density at radius 2 is 0.769 bits per heavy atom. The van der Waals surface area contributed by atoms with Crippen molar-refractivity contribution in [3.8, 4) is 55.8 Å². The SMILES string of the molecule is c1ccc(-c2ccc(-c3ccccc3N(c3ccc(-c4cccc(-c5ccccc5)c4)cc3)c3ccccc3-c3cc4ccccc4o3)cc2)cc1. The van der Waals surface area contributed by atoms with Crippen LogP contribution in [0.25, 0.3) is 66.8 Å². The highest BCUT2D eigenvalue weighted by molar-refractivity contribution is 5.95. The van der Waals surface area contributed by atoms with Gasteiger partial charge in [-0.2, -0.15) is 0 Å². The predicted octanol–water partition coefficient (Wildman–Crippen LogP) is 14.2. The molecule has 0 aliphatic rings. The predicted molar refractivity (Wildman–Crippen MR) is 218 cm³/mol. The molecular formula is C50H35NO. The van der Waals surface area contributed by atoms with E-state index in [1.165, 1.54) is 27.8 Å². The van der Waals surface area contributed by atoms with Crippen LogP contribution in [0.3, 0.4) is 0 Å². The topological polar surface area (TPSA) is 16.4 Å². The highest BCUT2D eigenvalue weighted by Gasteiger charge is 2.22. The van der Waals surface area contributed by atoms with Gasteiger partial charge in [-0.15, -0.1) is 0 Å². The number of hydrogen-bond donors (Lipinski definition) is 0. The first-order chi connectivity index (χ1) is 25.8. The van der Waals surface area contributed by atoms with Crippen molar-refractivity contribution in [1.82, 2.24) is 0 Å². The van der Waals surface area contributed by atoms with Crippen LogP contribution in [0.15, 0.2) is 217 Å². The molecule has 1 aromatic heterocycles. The van der Waals surface area contributed by atoms with E-state index in [0.717, 1.165) is 56.0 Å². The second-order valence-electron chi connectivity index (χ2n) is 13.0. The summed E-state index contributed by atoms with van der Waals surface area (Å²) in [7, 11) is 0. The van der Waals surface area contributed by atoms with Crippen molar-refractivity contribution in [2.75, 3.05) is 4.90 Å². The van der Waals surface area contributed by atoms with Crippen molar-refractivity contribution in [2.45, 2.75) is 0 Å². The van der Waals surface area contributed by atoms with Gasteiger partial charge in [0.05, 0.1) is 11.4 Å². The quantitative estimate of drug-likeness (QED) is 0.161. The molecule has 0 fully saturated rings. The minimum absolute atomic E-state index is 0.834. The molecule has 0 radical (unpaired) electrons. The molecule has 0 atom stereocenters. The average Bonchev–Trinajstić information content (AvgIpc) is 3.67. The molecule has 2 heteroatoms. The number of hydrogen-bond acceptors (Lipinski definition) is 2. The van der Waals surface area contributed by atoms with Crippen LogP contribution in [0.2, 0.25) is 0 Å². The van der Waals surface area contributed by atoms with Crippen LogP contribution in [-0.2, 0) is 0 Å². The number of nitrogens with zero attached hydrogens (tertiary/aromatic N) is 1. The van der Waals surface area contributed by atoms with Gasteiger partial charge in [-0.1, -0.05) is 164 Å². The Bertz CT molecular complexity index is 2570. The molecule has 1 heterocycles. The zero-order chi connectivity index (χ0) is 34.7. The number of fused-ring (bicyclic) bond motifs is 1. The van der Waals surface area contributed by atoms with Crippen LogP contribution in [-0.4, -0.2) is 0 Å². The van der Waals surface area contributed by atoms with Gasteiger partial charge in [0.2, 0.25) is 0 Å². The molecule has 9 aromatic rings. The summed E-state index contributed by atoms with van der Waals surface area (Å²) in [6.07, 6.45) is 0. The fourth-order valence-corrected chi connectivity index (χ4v) is 7.10. The lowest BCUT2D eigenvalue weighted by Crippen LogP contribution is -2.12. The van der Waals surface area contributed by atoms with Crippen molar-refractivity contribution in [2.24, 2.45) is 0 Å². The molecule has 0 spiro atoms. The average molecular weight is 666 g/mol. The smallest absolute Gasteiger partial charge is 0.137 e. The first-order valence-electron chi connectivity index (χ1n) is 17.7. The number of para-hydroxylation sites is 3. The molecule has 2 nitrogen and oxygen atoms in total. The third-order valence-electron chi connectivity index (χ3n) is 9.71. The molecule has 246 valence electrons. The molecule has 9 rings (SSSR count). The maximum Gasteiger partial charge on any atom is 0.137 e. The van der Waals surface area contributed by atoms with Gasteiger partial charge in [0.1, 0.15) is 11.3 Å². The van der Waals surface area contributed by atoms with E-state index in [9.17, 15) is 0 Å². The Kier molecular flexibility index (Phi) is 8.24. The summed E-state index contributed by atoms with van der Waals surface area (Å²) in [5.74, 6) is 0.834. The largest absolute Gasteiger partial charge is 0.456 e. The van der Waals surface area contributed by atoms with E-state index < -0.39 is 0 Å². The van der Waals surface area contributed by atoms with Crippen molar-refractivity contribution in [3.63, 3.8) is 0 Å². The lowest BCUT2D eigenvalue weighted by molar-refractivity contribution is 0.631. The fourth-order valence-electron chi connectivity index (χ4n) is 7.10. The summed E-state index contributed by atoms with van der Waals surface area (Å²) in [6, 6.07) is 75.2. The van der Waals surface area contributed by atoms with Gasteiger partial charge in [-0.05, 0) is 87.5 Å². The summed E-state index contributed by atoms with van der Waals surface area (Å²) in [6.45, 7) is 0. The minimum Gasteiger partial charge on any atom is -0.456 e. The van der Waals surface area contributed by atoms with Crippen molar-refractivity contribution >= 4 is 28.0 Å². The van der Waals surface area contributed by atoms with E-state index in [0.29, 0.717) is 0 Å². The highest BCUT2D eigenvalue weighted by Crippen LogP contribution is 2.46. The normalized spacial score (nSPS) is 11.1. The van der Waals surface area contributed by atoms with E-state index in [4.69, 9.17) is 4.42 Å². The Balaban J connectivity index is 1.17. The Morgan fingerprint density at radius 3 is 1.44 bits per heavy atom. The van der Waals surface area contributed by atoms with Crippen LogP contribution in [0, 0.1) is 0 Å². The summed E-state index contributed by atoms with van der Waals surface area (Å²) in [5, 5.41) is 1.08. The number of rotatable bonds is 8. The fraction of sp³-hybridized carbons (Fsp3) is 0. The third kappa shape index (κ3) is 6.08. The molecule has 8 aromatic carbocycles. The Labute approximate surface area is 304 Å². The van der Waals surface area contributed by atoms with E-state index in [1.54, 1.807) is 0 Å². The van der Waals surface area contributed by atoms with Crippen molar-refractivity contribution in [3.05, 3.63) is 212 Å². The molecule has 0 unspecified atom stereocenters. The first kappa shape index (κ1) is 31.1. The van der Waals surface area contributed by atoms with Gasteiger partial charge >= 0.3 is 0 Å². The second-order valence-corrected chi connectivity index (χ2v) is 13.0. The lowest BCUT2D eigenvalue weighted by Gasteiger charge is -2.29. The van der Waals surface area contributed by atoms with Crippen molar-refractivity contribution in [1.29, 1.82) is 0 Å². The van der Waals surface area contributed by atoms with Gasteiger partial charge in [0.25, 0.3) is 0 Å². The summed E-state index contributed by atoms with van der Waals surface area (Å²) >= 11 is 0. The third-order valence-corrected chi connectivity index (χ3v) is 9.71. The summed E-state index contributed by atoms with van der Waals surface area (Å²) in [5.41, 5.74) is 14.5. The molecule has 0 aliphatic carbocycles. The standard InChI is InChI=1S/C50H35NO/c1-3-14-36(15-4-1)38-26-28-40(29-27-38)45-21-8-10-23-47(45)51(48-24-11-9-22-46(48)50-35-43-18-7-12-25-49(43)52-50)44-32-30-39(31-33-44)42-20-13-19-41(34-42)37-16-5-2-6-17-37/h1-35H. The second kappa shape index (κ2) is 13.8. The zero-order valence-electron chi connectivity index (χ0n) is 28.6. The first-order valence-corrected chi connectivity index (χ1v) is 17.7. The van der Waals surface area contributed by atoms with Gasteiger partial charge < -0.3 is 9.32 Å². The summed E-state index contributed by atoms with van der Waals surface area (Å²) in [4.78, 5) is 2.37. The Hall–Kier alpha value is -6.90. The molecule has 0 N–H and O–H groups in total. The van der Waals surface area contributed by atoms with Crippen LogP contribution in [0.1, 0.15) is 0 Å². The Morgan fingerprint density at radius 1 is 0.308 bits per heavy atom. The number of benzene rings is 8. The van der Waals surface area contributed by atoms with Gasteiger partial charge in [0, 0.05) is 22.2 Å². The van der Waals surface area contributed by atoms with Gasteiger partial charge in [0.15, 0.2) is 0 Å². The summed E-state index contributed by atoms with van der Waals surface area (Å²) < 4.78 is 6.48. The minimum atomic E-state index is 0.834. The zero-order valence-corrected chi connectivity index (χ0v) is 28.6. The van der Waals surface area contributed by atoms with E-state index in [-0.39, 0.29) is 0 Å². The monoisotopic (exact) mass is 665 g/mol. The lowest BCUT2D eigenvalue weighted by atomic mass is 9.97. The number of furan rings is 1. The van der Waals surface area contributed by atoms with E-state index in [2.05, 4.69) is 205 Å². The van der Waals surface area contributed by atoms with Crippen LogP contribution < -0.4 is 4.90 Å². The molecule has 0 aliphatic heterocycles. The molecule has 52 heavy (non-hydrogen) atoms. The van der Waals surface area contributed by atoms with Crippen LogP contribution in [0.4, 0.5) is 17.1 Å².